The smallest absolute Gasteiger partial charge is 0.321 e. The molecule has 0 radical (unpaired) electrons. The Balaban J connectivity index is 1.27. The summed E-state index contributed by atoms with van der Waals surface area (Å²) in [6.07, 6.45) is 5.13. The van der Waals surface area contributed by atoms with E-state index in [1.165, 1.54) is 12.8 Å². The predicted octanol–water partition coefficient (Wildman–Crippen LogP) is 5.02. The highest BCUT2D eigenvalue weighted by atomic mass is 35.5. The largest absolute Gasteiger partial charge is 0.490 e. The first kappa shape index (κ1) is 18.9. The first-order chi connectivity index (χ1) is 13.7. The van der Waals surface area contributed by atoms with Crippen LogP contribution < -0.4 is 15.0 Å². The van der Waals surface area contributed by atoms with Gasteiger partial charge in [0.25, 0.3) is 0 Å². The van der Waals surface area contributed by atoms with Gasteiger partial charge in [-0.25, -0.2) is 4.79 Å². The number of hydrogen-bond acceptors (Lipinski definition) is 3. The summed E-state index contributed by atoms with van der Waals surface area (Å²) in [6, 6.07) is 15.5. The maximum absolute atomic E-state index is 12.6. The Bertz CT molecular complexity index is 798. The number of nitrogens with zero attached hydrogens (tertiary/aromatic N) is 2. The Morgan fingerprint density at radius 3 is 2.39 bits per heavy atom. The number of halogens is 1. The SMILES string of the molecule is O=C(Nc1ccc(OC2CCCC2)cc1)N1CCN(c2cccc(Cl)c2)CC1. The molecule has 5 nitrogen and oxygen atoms in total. The maximum Gasteiger partial charge on any atom is 0.321 e. The van der Waals surface area contributed by atoms with E-state index in [2.05, 4.69) is 16.3 Å². The molecule has 1 aliphatic heterocycles. The number of hydrogen-bond donors (Lipinski definition) is 1. The summed E-state index contributed by atoms with van der Waals surface area (Å²) >= 11 is 6.08. The van der Waals surface area contributed by atoms with Gasteiger partial charge in [-0.2, -0.15) is 0 Å². The highest BCUT2D eigenvalue weighted by Gasteiger charge is 2.21. The molecule has 2 amide bonds. The average Bonchev–Trinajstić information content (AvgIpc) is 3.23. The molecule has 28 heavy (non-hydrogen) atoms. The number of carbonyl (C=O) groups excluding carboxylic acids is 1. The van der Waals surface area contributed by atoms with E-state index in [1.807, 2.05) is 47.4 Å². The van der Waals surface area contributed by atoms with E-state index in [0.717, 1.165) is 48.1 Å². The van der Waals surface area contributed by atoms with Gasteiger partial charge >= 0.3 is 6.03 Å². The van der Waals surface area contributed by atoms with Crippen LogP contribution in [-0.4, -0.2) is 43.2 Å². The van der Waals surface area contributed by atoms with E-state index in [1.54, 1.807) is 0 Å². The van der Waals surface area contributed by atoms with E-state index in [-0.39, 0.29) is 6.03 Å². The Kier molecular flexibility index (Phi) is 5.91. The number of anilines is 2. The maximum atomic E-state index is 12.6. The molecule has 0 spiro atoms. The molecule has 2 aromatic rings. The molecule has 1 N–H and O–H groups in total. The second-order valence-electron chi connectivity index (χ2n) is 7.43. The molecule has 1 heterocycles. The number of urea groups is 1. The van der Waals surface area contributed by atoms with E-state index in [9.17, 15) is 4.79 Å². The van der Waals surface area contributed by atoms with Crippen molar-refractivity contribution in [2.45, 2.75) is 31.8 Å². The van der Waals surface area contributed by atoms with Crippen molar-refractivity contribution < 1.29 is 9.53 Å². The molecule has 2 aromatic carbocycles. The Morgan fingerprint density at radius 2 is 1.71 bits per heavy atom. The van der Waals surface area contributed by atoms with Crippen molar-refractivity contribution in [3.8, 4) is 5.75 Å². The van der Waals surface area contributed by atoms with Gasteiger partial charge in [-0.3, -0.25) is 0 Å². The van der Waals surface area contributed by atoms with Gasteiger partial charge in [0.05, 0.1) is 6.10 Å². The quantitative estimate of drug-likeness (QED) is 0.785. The van der Waals surface area contributed by atoms with E-state index < -0.39 is 0 Å². The third-order valence-corrected chi connectivity index (χ3v) is 5.69. The monoisotopic (exact) mass is 399 g/mol. The van der Waals surface area contributed by atoms with Gasteiger partial charge in [0.1, 0.15) is 5.75 Å². The van der Waals surface area contributed by atoms with Gasteiger partial charge in [0.15, 0.2) is 0 Å². The lowest BCUT2D eigenvalue weighted by atomic mass is 10.2. The van der Waals surface area contributed by atoms with Crippen molar-refractivity contribution >= 4 is 29.0 Å². The van der Waals surface area contributed by atoms with Crippen molar-refractivity contribution in [2.75, 3.05) is 36.4 Å². The average molecular weight is 400 g/mol. The van der Waals surface area contributed by atoms with Crippen LogP contribution >= 0.6 is 11.6 Å². The van der Waals surface area contributed by atoms with Crippen LogP contribution in [0.1, 0.15) is 25.7 Å². The molecule has 6 heteroatoms. The van der Waals surface area contributed by atoms with Crippen molar-refractivity contribution in [3.63, 3.8) is 0 Å². The molecule has 1 saturated carbocycles. The molecule has 0 unspecified atom stereocenters. The van der Waals surface area contributed by atoms with E-state index >= 15 is 0 Å². The predicted molar refractivity (Wildman–Crippen MR) is 114 cm³/mol. The zero-order chi connectivity index (χ0) is 19.3. The van der Waals surface area contributed by atoms with E-state index in [0.29, 0.717) is 19.2 Å². The summed E-state index contributed by atoms with van der Waals surface area (Å²) < 4.78 is 5.98. The van der Waals surface area contributed by atoms with Crippen molar-refractivity contribution in [3.05, 3.63) is 53.6 Å². The number of amides is 2. The third kappa shape index (κ3) is 4.71. The van der Waals surface area contributed by atoms with Gasteiger partial charge < -0.3 is 19.9 Å². The Labute approximate surface area is 171 Å². The summed E-state index contributed by atoms with van der Waals surface area (Å²) in [7, 11) is 0. The van der Waals surface area contributed by atoms with Crippen molar-refractivity contribution in [1.82, 2.24) is 4.90 Å². The molecular weight excluding hydrogens is 374 g/mol. The summed E-state index contributed by atoms with van der Waals surface area (Å²) in [6.45, 7) is 2.95. The van der Waals surface area contributed by atoms with Crippen molar-refractivity contribution in [2.24, 2.45) is 0 Å². The first-order valence-electron chi connectivity index (χ1n) is 10.0. The van der Waals surface area contributed by atoms with Crippen LogP contribution in [-0.2, 0) is 0 Å². The van der Waals surface area contributed by atoms with Crippen LogP contribution in [0.3, 0.4) is 0 Å². The Hall–Kier alpha value is -2.40. The van der Waals surface area contributed by atoms with Gasteiger partial charge in [-0.05, 0) is 68.1 Å². The number of rotatable bonds is 4. The fraction of sp³-hybridized carbons (Fsp3) is 0.409. The van der Waals surface area contributed by atoms with Gasteiger partial charge in [0, 0.05) is 42.6 Å². The molecule has 0 atom stereocenters. The molecular formula is C22H26ClN3O2. The van der Waals surface area contributed by atoms with Crippen LogP contribution in [0.25, 0.3) is 0 Å². The van der Waals surface area contributed by atoms with Gasteiger partial charge in [-0.15, -0.1) is 0 Å². The van der Waals surface area contributed by atoms with Crippen molar-refractivity contribution in [1.29, 1.82) is 0 Å². The summed E-state index contributed by atoms with van der Waals surface area (Å²) in [4.78, 5) is 16.7. The van der Waals surface area contributed by atoms with Gasteiger partial charge in [-0.1, -0.05) is 17.7 Å². The first-order valence-corrected chi connectivity index (χ1v) is 10.4. The minimum Gasteiger partial charge on any atom is -0.490 e. The highest BCUT2D eigenvalue weighted by Crippen LogP contribution is 2.25. The number of piperazine rings is 1. The lowest BCUT2D eigenvalue weighted by Gasteiger charge is -2.36. The zero-order valence-electron chi connectivity index (χ0n) is 15.9. The van der Waals surface area contributed by atoms with E-state index in [4.69, 9.17) is 16.3 Å². The van der Waals surface area contributed by atoms with Crippen LogP contribution in [0.2, 0.25) is 5.02 Å². The fourth-order valence-corrected chi connectivity index (χ4v) is 4.04. The molecule has 1 aliphatic carbocycles. The molecule has 148 valence electrons. The van der Waals surface area contributed by atoms with Crippen LogP contribution in [0, 0.1) is 0 Å². The highest BCUT2D eigenvalue weighted by molar-refractivity contribution is 6.30. The van der Waals surface area contributed by atoms with Crippen LogP contribution in [0.4, 0.5) is 16.2 Å². The molecule has 4 rings (SSSR count). The third-order valence-electron chi connectivity index (χ3n) is 5.45. The molecule has 2 fully saturated rings. The van der Waals surface area contributed by atoms with Gasteiger partial charge in [0.2, 0.25) is 0 Å². The number of nitrogens with one attached hydrogen (secondary N) is 1. The minimum atomic E-state index is -0.0600. The lowest BCUT2D eigenvalue weighted by molar-refractivity contribution is 0.207. The zero-order valence-corrected chi connectivity index (χ0v) is 16.7. The normalized spacial score (nSPS) is 17.6. The Morgan fingerprint density at radius 1 is 1.00 bits per heavy atom. The second-order valence-corrected chi connectivity index (χ2v) is 7.87. The van der Waals surface area contributed by atoms with Crippen LogP contribution in [0.5, 0.6) is 5.75 Å². The molecule has 0 bridgehead atoms. The lowest BCUT2D eigenvalue weighted by Crippen LogP contribution is -2.50. The van der Waals surface area contributed by atoms with Crippen LogP contribution in [0.15, 0.2) is 48.5 Å². The standard InChI is InChI=1S/C22H26ClN3O2/c23-17-4-3-5-19(16-17)25-12-14-26(15-13-25)22(27)24-18-8-10-21(11-9-18)28-20-6-1-2-7-20/h3-5,8-11,16,20H,1-2,6-7,12-15H2,(H,24,27). The summed E-state index contributed by atoms with van der Waals surface area (Å²) in [5.74, 6) is 0.875. The molecule has 1 saturated heterocycles. The summed E-state index contributed by atoms with van der Waals surface area (Å²) in [5, 5.41) is 3.72. The number of ether oxygens (including phenoxy) is 1. The molecule has 2 aliphatic rings. The number of carbonyl (C=O) groups is 1. The molecule has 0 aromatic heterocycles. The summed E-state index contributed by atoms with van der Waals surface area (Å²) in [5.41, 5.74) is 1.89. The minimum absolute atomic E-state index is 0.0600. The second kappa shape index (κ2) is 8.74. The fourth-order valence-electron chi connectivity index (χ4n) is 3.86. The topological polar surface area (TPSA) is 44.8 Å². The number of benzene rings is 2.